The minimum Gasteiger partial charge on any atom is -0.367 e. The van der Waals surface area contributed by atoms with Crippen LogP contribution in [0.5, 0.6) is 0 Å². The van der Waals surface area contributed by atoms with E-state index in [9.17, 15) is 13.2 Å². The molecule has 0 bridgehead atoms. The highest BCUT2D eigenvalue weighted by Crippen LogP contribution is 2.28. The fourth-order valence-electron chi connectivity index (χ4n) is 4.44. The van der Waals surface area contributed by atoms with Crippen molar-refractivity contribution >= 4 is 33.0 Å². The maximum atomic E-state index is 13.0. The SMILES string of the molecule is Cc1nn(C2CCS(=O)(=O)C2)c(C)c1CC(=O)N1CCN(c2ccccc2Cl)CC1. The zero-order valence-electron chi connectivity index (χ0n) is 17.3. The predicted octanol–water partition coefficient (Wildman–Crippen LogP) is 2.40. The van der Waals surface area contributed by atoms with Crippen LogP contribution in [0.4, 0.5) is 5.69 Å². The molecule has 2 aliphatic heterocycles. The van der Waals surface area contributed by atoms with E-state index >= 15 is 0 Å². The molecule has 2 aromatic rings. The molecule has 2 aliphatic rings. The van der Waals surface area contributed by atoms with E-state index in [-0.39, 0.29) is 23.5 Å². The molecule has 2 saturated heterocycles. The Morgan fingerprint density at radius 3 is 2.50 bits per heavy atom. The van der Waals surface area contributed by atoms with Gasteiger partial charge < -0.3 is 9.80 Å². The molecular weight excluding hydrogens is 424 g/mol. The molecule has 9 heteroatoms. The molecule has 2 fully saturated rings. The third-order valence-corrected chi connectivity index (χ3v) is 8.25. The normalized spacial score (nSPS) is 21.2. The quantitative estimate of drug-likeness (QED) is 0.715. The average molecular weight is 451 g/mol. The molecule has 1 atom stereocenters. The number of sulfone groups is 1. The highest BCUT2D eigenvalue weighted by Gasteiger charge is 2.32. The molecule has 0 spiro atoms. The van der Waals surface area contributed by atoms with E-state index in [1.807, 2.05) is 47.7 Å². The lowest BCUT2D eigenvalue weighted by atomic mass is 10.1. The van der Waals surface area contributed by atoms with Crippen LogP contribution in [0.2, 0.25) is 5.02 Å². The highest BCUT2D eigenvalue weighted by atomic mass is 35.5. The van der Waals surface area contributed by atoms with E-state index in [1.54, 1.807) is 0 Å². The van der Waals surface area contributed by atoms with Crippen LogP contribution in [0.3, 0.4) is 0 Å². The Balaban J connectivity index is 1.41. The van der Waals surface area contributed by atoms with Gasteiger partial charge in [-0.25, -0.2) is 8.42 Å². The number of aromatic nitrogens is 2. The Hall–Kier alpha value is -2.06. The second kappa shape index (κ2) is 8.23. The predicted molar refractivity (Wildman–Crippen MR) is 118 cm³/mol. The van der Waals surface area contributed by atoms with Gasteiger partial charge in [0, 0.05) is 37.4 Å². The minimum atomic E-state index is -2.99. The van der Waals surface area contributed by atoms with E-state index < -0.39 is 9.84 Å². The van der Waals surface area contributed by atoms with Crippen molar-refractivity contribution < 1.29 is 13.2 Å². The molecule has 0 radical (unpaired) electrons. The molecule has 4 rings (SSSR count). The van der Waals surface area contributed by atoms with Crippen LogP contribution in [0.15, 0.2) is 24.3 Å². The van der Waals surface area contributed by atoms with Gasteiger partial charge in [-0.2, -0.15) is 5.10 Å². The fourth-order valence-corrected chi connectivity index (χ4v) is 6.39. The van der Waals surface area contributed by atoms with Crippen molar-refractivity contribution in [3.63, 3.8) is 0 Å². The minimum absolute atomic E-state index is 0.0820. The van der Waals surface area contributed by atoms with Crippen LogP contribution in [0.25, 0.3) is 0 Å². The van der Waals surface area contributed by atoms with Gasteiger partial charge in [0.05, 0.1) is 40.4 Å². The monoisotopic (exact) mass is 450 g/mol. The van der Waals surface area contributed by atoms with Gasteiger partial charge in [-0.15, -0.1) is 0 Å². The maximum Gasteiger partial charge on any atom is 0.227 e. The molecule has 1 aromatic heterocycles. The Morgan fingerprint density at radius 2 is 1.87 bits per heavy atom. The number of piperazine rings is 1. The Morgan fingerprint density at radius 1 is 1.17 bits per heavy atom. The zero-order chi connectivity index (χ0) is 21.5. The molecule has 3 heterocycles. The number of benzene rings is 1. The van der Waals surface area contributed by atoms with Gasteiger partial charge in [0.1, 0.15) is 0 Å². The molecule has 0 aliphatic carbocycles. The first-order valence-electron chi connectivity index (χ1n) is 10.3. The average Bonchev–Trinajstić information content (AvgIpc) is 3.22. The Kier molecular flexibility index (Phi) is 5.81. The first-order chi connectivity index (χ1) is 14.2. The first kappa shape index (κ1) is 21.2. The van der Waals surface area contributed by atoms with E-state index in [0.29, 0.717) is 25.9 Å². The van der Waals surface area contributed by atoms with Crippen molar-refractivity contribution in [1.29, 1.82) is 0 Å². The maximum absolute atomic E-state index is 13.0. The summed E-state index contributed by atoms with van der Waals surface area (Å²) in [4.78, 5) is 17.1. The van der Waals surface area contributed by atoms with Crippen LogP contribution >= 0.6 is 11.6 Å². The summed E-state index contributed by atoms with van der Waals surface area (Å²) in [5.74, 6) is 0.422. The van der Waals surface area contributed by atoms with Gasteiger partial charge in [0.15, 0.2) is 9.84 Å². The zero-order valence-corrected chi connectivity index (χ0v) is 18.9. The van der Waals surface area contributed by atoms with Crippen LogP contribution in [-0.2, 0) is 21.1 Å². The summed E-state index contributed by atoms with van der Waals surface area (Å²) in [6.45, 7) is 6.61. The lowest BCUT2D eigenvalue weighted by Crippen LogP contribution is -2.49. The summed E-state index contributed by atoms with van der Waals surface area (Å²) in [7, 11) is -2.99. The summed E-state index contributed by atoms with van der Waals surface area (Å²) in [5.41, 5.74) is 3.63. The summed E-state index contributed by atoms with van der Waals surface area (Å²) in [5, 5.41) is 5.30. The van der Waals surface area contributed by atoms with E-state index in [4.69, 9.17) is 11.6 Å². The first-order valence-corrected chi connectivity index (χ1v) is 12.5. The smallest absolute Gasteiger partial charge is 0.227 e. The Bertz CT molecular complexity index is 1060. The summed E-state index contributed by atoms with van der Waals surface area (Å²) in [6.07, 6.45) is 0.880. The van der Waals surface area contributed by atoms with Gasteiger partial charge in [0.2, 0.25) is 5.91 Å². The molecule has 1 aromatic carbocycles. The number of rotatable bonds is 4. The van der Waals surface area contributed by atoms with Gasteiger partial charge in [0.25, 0.3) is 0 Å². The van der Waals surface area contributed by atoms with Crippen molar-refractivity contribution in [2.24, 2.45) is 0 Å². The summed E-state index contributed by atoms with van der Waals surface area (Å²) >= 11 is 6.30. The number of aryl methyl sites for hydroxylation is 1. The number of hydrogen-bond acceptors (Lipinski definition) is 5. The molecule has 30 heavy (non-hydrogen) atoms. The van der Waals surface area contributed by atoms with Crippen molar-refractivity contribution in [3.05, 3.63) is 46.2 Å². The second-order valence-corrected chi connectivity index (χ2v) is 10.8. The van der Waals surface area contributed by atoms with Crippen molar-refractivity contribution in [1.82, 2.24) is 14.7 Å². The third kappa shape index (κ3) is 4.21. The molecular formula is C21H27ClN4O3S. The van der Waals surface area contributed by atoms with Crippen molar-refractivity contribution in [2.45, 2.75) is 32.7 Å². The summed E-state index contributed by atoms with van der Waals surface area (Å²) < 4.78 is 25.5. The highest BCUT2D eigenvalue weighted by molar-refractivity contribution is 7.91. The molecule has 162 valence electrons. The van der Waals surface area contributed by atoms with Gasteiger partial charge >= 0.3 is 0 Å². The molecule has 1 amide bonds. The topological polar surface area (TPSA) is 75.5 Å². The largest absolute Gasteiger partial charge is 0.367 e. The van der Waals surface area contributed by atoms with Crippen LogP contribution in [-0.4, -0.2) is 66.7 Å². The van der Waals surface area contributed by atoms with Crippen molar-refractivity contribution in [3.8, 4) is 0 Å². The number of amides is 1. The van der Waals surface area contributed by atoms with Crippen LogP contribution in [0.1, 0.15) is 29.4 Å². The van der Waals surface area contributed by atoms with Crippen LogP contribution in [0, 0.1) is 13.8 Å². The number of nitrogens with zero attached hydrogens (tertiary/aromatic N) is 4. The van der Waals surface area contributed by atoms with Crippen molar-refractivity contribution in [2.75, 3.05) is 42.6 Å². The van der Waals surface area contributed by atoms with Gasteiger partial charge in [-0.1, -0.05) is 23.7 Å². The van der Waals surface area contributed by atoms with E-state index in [0.717, 1.165) is 40.8 Å². The third-order valence-electron chi connectivity index (χ3n) is 6.18. The Labute approximate surface area is 182 Å². The van der Waals surface area contributed by atoms with Crippen LogP contribution < -0.4 is 4.90 Å². The number of hydrogen-bond donors (Lipinski definition) is 0. The van der Waals surface area contributed by atoms with E-state index in [1.165, 1.54) is 0 Å². The number of halogens is 1. The molecule has 0 N–H and O–H groups in total. The van der Waals surface area contributed by atoms with Gasteiger partial charge in [-0.3, -0.25) is 9.48 Å². The lowest BCUT2D eigenvalue weighted by Gasteiger charge is -2.36. The van der Waals surface area contributed by atoms with E-state index in [2.05, 4.69) is 10.00 Å². The molecule has 1 unspecified atom stereocenters. The number of carbonyl (C=O) groups excluding carboxylic acids is 1. The number of carbonyl (C=O) groups is 1. The lowest BCUT2D eigenvalue weighted by molar-refractivity contribution is -0.130. The molecule has 0 saturated carbocycles. The summed E-state index contributed by atoms with van der Waals surface area (Å²) in [6, 6.07) is 7.64. The molecule has 7 nitrogen and oxygen atoms in total. The second-order valence-electron chi connectivity index (χ2n) is 8.15. The number of para-hydroxylation sites is 1. The number of anilines is 1. The fraction of sp³-hybridized carbons (Fsp3) is 0.524. The standard InChI is InChI=1S/C21H27ClN4O3S/c1-15-18(16(2)26(23-15)17-7-12-30(28,29)14-17)13-21(27)25-10-8-24(9-11-25)20-6-4-3-5-19(20)22/h3-6,17H,7-14H2,1-2H3. The van der Waals surface area contributed by atoms with Gasteiger partial charge in [-0.05, 0) is 32.4 Å².